The highest BCUT2D eigenvalue weighted by Crippen LogP contribution is 2.31. The van der Waals surface area contributed by atoms with Crippen molar-refractivity contribution < 1.29 is 27.0 Å². The minimum atomic E-state index is -4.82. The molecule has 0 bridgehead atoms. The molecule has 8 heteroatoms. The predicted octanol–water partition coefficient (Wildman–Crippen LogP) is 1.10. The molecular formula is C13H14FNO5S. The SMILES string of the molecule is O=C(O)CC(c1ccccc1)N1CC(S(=O)(=O)F)CC1=O. The summed E-state index contributed by atoms with van der Waals surface area (Å²) in [6.45, 7) is -0.329. The molecule has 0 saturated carbocycles. The van der Waals surface area contributed by atoms with Crippen LogP contribution < -0.4 is 0 Å². The van der Waals surface area contributed by atoms with Gasteiger partial charge in [-0.1, -0.05) is 30.3 Å². The van der Waals surface area contributed by atoms with Gasteiger partial charge in [0.15, 0.2) is 0 Å². The van der Waals surface area contributed by atoms with Gasteiger partial charge in [-0.2, -0.15) is 8.42 Å². The molecule has 1 aliphatic rings. The normalized spacial score (nSPS) is 20.5. The van der Waals surface area contributed by atoms with Crippen molar-refractivity contribution in [2.75, 3.05) is 6.54 Å². The third-order valence-electron chi connectivity index (χ3n) is 3.45. The monoisotopic (exact) mass is 315 g/mol. The third kappa shape index (κ3) is 3.57. The van der Waals surface area contributed by atoms with Crippen molar-refractivity contribution in [3.8, 4) is 0 Å². The van der Waals surface area contributed by atoms with Crippen molar-refractivity contribution in [2.45, 2.75) is 24.1 Å². The molecule has 1 N–H and O–H groups in total. The first kappa shape index (κ1) is 15.4. The number of rotatable bonds is 5. The molecule has 1 aromatic rings. The Kier molecular flexibility index (Phi) is 4.26. The van der Waals surface area contributed by atoms with E-state index in [4.69, 9.17) is 5.11 Å². The number of halogens is 1. The van der Waals surface area contributed by atoms with Gasteiger partial charge in [-0.15, -0.1) is 3.89 Å². The van der Waals surface area contributed by atoms with Gasteiger partial charge in [0, 0.05) is 13.0 Å². The van der Waals surface area contributed by atoms with Gasteiger partial charge in [0.25, 0.3) is 0 Å². The maximum absolute atomic E-state index is 13.0. The van der Waals surface area contributed by atoms with Crippen LogP contribution in [0.5, 0.6) is 0 Å². The summed E-state index contributed by atoms with van der Waals surface area (Å²) in [5, 5.41) is 7.56. The zero-order valence-electron chi connectivity index (χ0n) is 11.0. The highest BCUT2D eigenvalue weighted by molar-refractivity contribution is 7.87. The Hall–Kier alpha value is -1.96. The van der Waals surface area contributed by atoms with E-state index in [1.807, 2.05) is 0 Å². The van der Waals surface area contributed by atoms with E-state index >= 15 is 0 Å². The van der Waals surface area contributed by atoms with E-state index in [9.17, 15) is 21.9 Å². The molecule has 6 nitrogen and oxygen atoms in total. The van der Waals surface area contributed by atoms with Crippen molar-refractivity contribution in [1.29, 1.82) is 0 Å². The van der Waals surface area contributed by atoms with Gasteiger partial charge in [-0.3, -0.25) is 9.59 Å². The highest BCUT2D eigenvalue weighted by atomic mass is 32.3. The molecular weight excluding hydrogens is 301 g/mol. The van der Waals surface area contributed by atoms with Crippen molar-refractivity contribution in [3.05, 3.63) is 35.9 Å². The molecule has 0 spiro atoms. The summed E-state index contributed by atoms with van der Waals surface area (Å²) < 4.78 is 34.9. The maximum Gasteiger partial charge on any atom is 0.307 e. The molecule has 0 radical (unpaired) electrons. The molecule has 1 aromatic carbocycles. The lowest BCUT2D eigenvalue weighted by atomic mass is 10.0. The molecule has 1 saturated heterocycles. The van der Waals surface area contributed by atoms with Crippen LogP contribution in [0, 0.1) is 0 Å². The van der Waals surface area contributed by atoms with E-state index in [1.54, 1.807) is 30.3 Å². The molecule has 2 unspecified atom stereocenters. The molecule has 2 atom stereocenters. The number of nitrogens with zero attached hydrogens (tertiary/aromatic N) is 1. The van der Waals surface area contributed by atoms with Crippen LogP contribution >= 0.6 is 0 Å². The smallest absolute Gasteiger partial charge is 0.307 e. The largest absolute Gasteiger partial charge is 0.481 e. The Bertz CT molecular complexity index is 646. The number of amides is 1. The average molecular weight is 315 g/mol. The topological polar surface area (TPSA) is 91.8 Å². The first-order valence-electron chi connectivity index (χ1n) is 6.28. The van der Waals surface area contributed by atoms with Crippen molar-refractivity contribution in [2.24, 2.45) is 0 Å². The number of carboxylic acids is 1. The van der Waals surface area contributed by atoms with Gasteiger partial charge >= 0.3 is 16.2 Å². The summed E-state index contributed by atoms with van der Waals surface area (Å²) in [6.07, 6.45) is -0.823. The number of benzene rings is 1. The molecule has 1 amide bonds. The molecule has 1 heterocycles. The summed E-state index contributed by atoms with van der Waals surface area (Å²) in [6, 6.07) is 7.61. The Morgan fingerprint density at radius 1 is 1.38 bits per heavy atom. The fourth-order valence-corrected chi connectivity index (χ4v) is 3.12. The van der Waals surface area contributed by atoms with E-state index < -0.39 is 39.8 Å². The van der Waals surface area contributed by atoms with Crippen LogP contribution in [0.2, 0.25) is 0 Å². The van der Waals surface area contributed by atoms with Crippen molar-refractivity contribution in [1.82, 2.24) is 4.90 Å². The minimum absolute atomic E-state index is 0.329. The first-order chi connectivity index (χ1) is 9.79. The first-order valence-corrected chi connectivity index (χ1v) is 7.73. The fraction of sp³-hybridized carbons (Fsp3) is 0.385. The summed E-state index contributed by atoms with van der Waals surface area (Å²) in [5.74, 6) is -1.68. The van der Waals surface area contributed by atoms with Gasteiger partial charge in [0.2, 0.25) is 5.91 Å². The number of hydrogen-bond donors (Lipinski definition) is 1. The third-order valence-corrected chi connectivity index (χ3v) is 4.56. The maximum atomic E-state index is 13.0. The van der Waals surface area contributed by atoms with Crippen molar-refractivity contribution >= 4 is 22.1 Å². The van der Waals surface area contributed by atoms with E-state index in [0.29, 0.717) is 5.56 Å². The molecule has 0 aromatic heterocycles. The molecule has 1 aliphatic heterocycles. The van der Waals surface area contributed by atoms with Gasteiger partial charge < -0.3 is 10.0 Å². The lowest BCUT2D eigenvalue weighted by Gasteiger charge is -2.27. The summed E-state index contributed by atoms with van der Waals surface area (Å²) in [7, 11) is -4.82. The van der Waals surface area contributed by atoms with Crippen LogP contribution in [0.25, 0.3) is 0 Å². The van der Waals surface area contributed by atoms with Crippen LogP contribution in [0.4, 0.5) is 3.89 Å². The number of carboxylic acid groups (broad SMARTS) is 1. The second kappa shape index (κ2) is 5.80. The molecule has 1 fully saturated rings. The molecule has 114 valence electrons. The highest BCUT2D eigenvalue weighted by Gasteiger charge is 2.42. The minimum Gasteiger partial charge on any atom is -0.481 e. The van der Waals surface area contributed by atoms with E-state index in [0.717, 1.165) is 4.90 Å². The zero-order valence-corrected chi connectivity index (χ0v) is 11.8. The lowest BCUT2D eigenvalue weighted by molar-refractivity contribution is -0.139. The average Bonchev–Trinajstić information content (AvgIpc) is 2.79. The second-order valence-electron chi connectivity index (χ2n) is 4.87. The number of carbonyl (C=O) groups is 2. The zero-order chi connectivity index (χ0) is 15.6. The standard InChI is InChI=1S/C13H14FNO5S/c14-21(19,20)10-6-12(16)15(8-10)11(7-13(17)18)9-4-2-1-3-5-9/h1-5,10-11H,6-8H2,(H,17,18). The Morgan fingerprint density at radius 3 is 2.48 bits per heavy atom. The van der Waals surface area contributed by atoms with E-state index in [-0.39, 0.29) is 13.0 Å². The number of aliphatic carboxylic acids is 1. The van der Waals surface area contributed by atoms with Crippen molar-refractivity contribution in [3.63, 3.8) is 0 Å². The summed E-state index contributed by atoms with van der Waals surface area (Å²) in [4.78, 5) is 24.1. The van der Waals surface area contributed by atoms with Gasteiger partial charge in [-0.25, -0.2) is 0 Å². The van der Waals surface area contributed by atoms with Crippen LogP contribution in [-0.2, 0) is 19.8 Å². The molecule has 0 aliphatic carbocycles. The Morgan fingerprint density at radius 2 is 2.00 bits per heavy atom. The fourth-order valence-electron chi connectivity index (χ4n) is 2.44. The quantitative estimate of drug-likeness (QED) is 0.822. The van der Waals surface area contributed by atoms with Crippen LogP contribution in [0.1, 0.15) is 24.4 Å². The van der Waals surface area contributed by atoms with E-state index in [1.165, 1.54) is 0 Å². The van der Waals surface area contributed by atoms with Gasteiger partial charge in [0.05, 0.1) is 12.5 Å². The van der Waals surface area contributed by atoms with Crippen LogP contribution in [0.15, 0.2) is 30.3 Å². The number of likely N-dealkylation sites (tertiary alicyclic amines) is 1. The summed E-state index contributed by atoms with van der Waals surface area (Å²) >= 11 is 0. The van der Waals surface area contributed by atoms with Crippen LogP contribution in [0.3, 0.4) is 0 Å². The Labute approximate surface area is 121 Å². The second-order valence-corrected chi connectivity index (χ2v) is 6.49. The van der Waals surface area contributed by atoms with Gasteiger partial charge in [0.1, 0.15) is 5.25 Å². The Balaban J connectivity index is 2.30. The van der Waals surface area contributed by atoms with Crippen LogP contribution in [-0.4, -0.2) is 42.1 Å². The van der Waals surface area contributed by atoms with E-state index in [2.05, 4.69) is 0 Å². The molecule has 2 rings (SSSR count). The lowest BCUT2D eigenvalue weighted by Crippen LogP contribution is -2.33. The molecule has 21 heavy (non-hydrogen) atoms. The number of hydrogen-bond acceptors (Lipinski definition) is 4. The summed E-state index contributed by atoms with van der Waals surface area (Å²) in [5.41, 5.74) is 0.574. The predicted molar refractivity (Wildman–Crippen MR) is 71.6 cm³/mol. The number of carbonyl (C=O) groups excluding carboxylic acids is 1. The van der Waals surface area contributed by atoms with Gasteiger partial charge in [-0.05, 0) is 5.56 Å².